The van der Waals surface area contributed by atoms with E-state index in [1.807, 2.05) is 13.8 Å². The molecular weight excluding hydrogens is 380 g/mol. The van der Waals surface area contributed by atoms with Crippen LogP contribution in [0.5, 0.6) is 0 Å². The normalized spacial score (nSPS) is 18.3. The Balaban J connectivity index is 1.54. The summed E-state index contributed by atoms with van der Waals surface area (Å²) in [6.45, 7) is 4.96. The fourth-order valence-electron chi connectivity index (χ4n) is 3.16. The summed E-state index contributed by atoms with van der Waals surface area (Å²) in [5, 5.41) is 6.76. The largest absolute Gasteiger partial charge is 0.355 e. The molecule has 1 unspecified atom stereocenters. The molecule has 0 aliphatic carbocycles. The van der Waals surface area contributed by atoms with Gasteiger partial charge in [-0.15, -0.1) is 0 Å². The minimum atomic E-state index is -3.58. The highest BCUT2D eigenvalue weighted by molar-refractivity contribution is 7.89. The van der Waals surface area contributed by atoms with Gasteiger partial charge in [0.2, 0.25) is 21.8 Å². The van der Waals surface area contributed by atoms with E-state index in [4.69, 9.17) is 4.52 Å². The Labute approximate surface area is 165 Å². The average Bonchev–Trinajstić information content (AvgIpc) is 3.18. The molecule has 9 heteroatoms. The van der Waals surface area contributed by atoms with Crippen LogP contribution in [0.1, 0.15) is 44.3 Å². The highest BCUT2D eigenvalue weighted by Crippen LogP contribution is 2.23. The van der Waals surface area contributed by atoms with Crippen LogP contribution in [0.3, 0.4) is 0 Å². The molecule has 1 atom stereocenters. The minimum absolute atomic E-state index is 0.142. The van der Waals surface area contributed by atoms with Crippen LogP contribution >= 0.6 is 0 Å². The van der Waals surface area contributed by atoms with Crippen molar-refractivity contribution >= 4 is 15.9 Å². The van der Waals surface area contributed by atoms with Crippen molar-refractivity contribution in [1.82, 2.24) is 19.8 Å². The van der Waals surface area contributed by atoms with Crippen molar-refractivity contribution in [2.75, 3.05) is 19.6 Å². The van der Waals surface area contributed by atoms with Crippen LogP contribution in [0.4, 0.5) is 0 Å². The van der Waals surface area contributed by atoms with Gasteiger partial charge in [0.25, 0.3) is 0 Å². The topological polar surface area (TPSA) is 105 Å². The van der Waals surface area contributed by atoms with Gasteiger partial charge in [-0.05, 0) is 25.0 Å². The number of amides is 1. The van der Waals surface area contributed by atoms with Crippen LogP contribution in [0.25, 0.3) is 0 Å². The van der Waals surface area contributed by atoms with E-state index in [9.17, 15) is 13.2 Å². The summed E-state index contributed by atoms with van der Waals surface area (Å²) in [7, 11) is -3.58. The molecule has 1 aliphatic heterocycles. The van der Waals surface area contributed by atoms with E-state index in [0.29, 0.717) is 44.1 Å². The predicted molar refractivity (Wildman–Crippen MR) is 103 cm³/mol. The van der Waals surface area contributed by atoms with Gasteiger partial charge in [0.15, 0.2) is 5.82 Å². The number of benzene rings is 1. The first-order valence-corrected chi connectivity index (χ1v) is 11.0. The van der Waals surface area contributed by atoms with Crippen molar-refractivity contribution < 1.29 is 17.7 Å². The summed E-state index contributed by atoms with van der Waals surface area (Å²) in [5.41, 5.74) is 0. The van der Waals surface area contributed by atoms with Gasteiger partial charge in [-0.3, -0.25) is 4.79 Å². The molecular formula is C19H26N4O4S. The molecule has 0 saturated carbocycles. The van der Waals surface area contributed by atoms with Crippen molar-refractivity contribution in [3.8, 4) is 0 Å². The third-order valence-corrected chi connectivity index (χ3v) is 6.65. The maximum Gasteiger partial charge on any atom is 0.243 e. The lowest BCUT2D eigenvalue weighted by molar-refractivity contribution is -0.126. The Kier molecular flexibility index (Phi) is 6.46. The maximum absolute atomic E-state index is 12.8. The fourth-order valence-corrected chi connectivity index (χ4v) is 4.70. The first-order chi connectivity index (χ1) is 13.4. The predicted octanol–water partition coefficient (Wildman–Crippen LogP) is 1.95. The van der Waals surface area contributed by atoms with Gasteiger partial charge >= 0.3 is 0 Å². The molecule has 3 rings (SSSR count). The highest BCUT2D eigenvalue weighted by atomic mass is 32.2. The molecule has 8 nitrogen and oxygen atoms in total. The number of piperidine rings is 1. The molecule has 0 radical (unpaired) electrons. The lowest BCUT2D eigenvalue weighted by atomic mass is 9.99. The van der Waals surface area contributed by atoms with Gasteiger partial charge < -0.3 is 9.84 Å². The molecule has 1 aliphatic rings. The SMILES string of the molecule is CC(C)c1noc(CCNC(=O)C2CCCN(S(=O)(=O)c3ccccc3)C2)n1. The van der Waals surface area contributed by atoms with E-state index in [1.54, 1.807) is 30.3 Å². The number of carbonyl (C=O) groups excluding carboxylic acids is 1. The van der Waals surface area contributed by atoms with Crippen LogP contribution in [0.15, 0.2) is 39.8 Å². The number of rotatable bonds is 7. The van der Waals surface area contributed by atoms with Gasteiger partial charge in [-0.25, -0.2) is 8.42 Å². The summed E-state index contributed by atoms with van der Waals surface area (Å²) in [4.78, 5) is 17.0. The van der Waals surface area contributed by atoms with Crippen LogP contribution < -0.4 is 5.32 Å². The zero-order valence-electron chi connectivity index (χ0n) is 16.2. The lowest BCUT2D eigenvalue weighted by Crippen LogP contribution is -2.45. The first-order valence-electron chi connectivity index (χ1n) is 9.53. The lowest BCUT2D eigenvalue weighted by Gasteiger charge is -2.31. The number of sulfonamides is 1. The number of hydrogen-bond acceptors (Lipinski definition) is 6. The van der Waals surface area contributed by atoms with Gasteiger partial charge in [0.1, 0.15) is 0 Å². The molecule has 2 aromatic rings. The smallest absolute Gasteiger partial charge is 0.243 e. The average molecular weight is 407 g/mol. The second-order valence-corrected chi connectivity index (χ2v) is 9.20. The molecule has 28 heavy (non-hydrogen) atoms. The van der Waals surface area contributed by atoms with Crippen LogP contribution in [-0.2, 0) is 21.2 Å². The molecule has 1 saturated heterocycles. The third-order valence-electron chi connectivity index (χ3n) is 4.77. The number of nitrogens with zero attached hydrogens (tertiary/aromatic N) is 3. The minimum Gasteiger partial charge on any atom is -0.355 e. The van der Waals surface area contributed by atoms with Crippen LogP contribution in [0, 0.1) is 5.92 Å². The van der Waals surface area contributed by atoms with E-state index >= 15 is 0 Å². The Bertz CT molecular complexity index is 896. The van der Waals surface area contributed by atoms with E-state index in [-0.39, 0.29) is 29.2 Å². The Morgan fingerprint density at radius 1 is 1.32 bits per heavy atom. The number of carbonyl (C=O) groups is 1. The zero-order chi connectivity index (χ0) is 20.1. The van der Waals surface area contributed by atoms with Crippen molar-refractivity contribution in [2.24, 2.45) is 5.92 Å². The quantitative estimate of drug-likeness (QED) is 0.753. The third kappa shape index (κ3) is 4.77. The molecule has 0 spiro atoms. The molecule has 1 aromatic heterocycles. The second kappa shape index (κ2) is 8.83. The van der Waals surface area contributed by atoms with E-state index in [1.165, 1.54) is 4.31 Å². The van der Waals surface area contributed by atoms with Gasteiger partial charge in [-0.1, -0.05) is 37.2 Å². The number of aromatic nitrogens is 2. The van der Waals surface area contributed by atoms with E-state index in [0.717, 1.165) is 0 Å². The Morgan fingerprint density at radius 2 is 2.07 bits per heavy atom. The monoisotopic (exact) mass is 406 g/mol. The van der Waals surface area contributed by atoms with E-state index in [2.05, 4.69) is 15.5 Å². The van der Waals surface area contributed by atoms with Gasteiger partial charge in [0.05, 0.1) is 10.8 Å². The Morgan fingerprint density at radius 3 is 2.75 bits per heavy atom. The van der Waals surface area contributed by atoms with Crippen molar-refractivity contribution in [1.29, 1.82) is 0 Å². The number of nitrogens with one attached hydrogen (secondary N) is 1. The summed E-state index contributed by atoms with van der Waals surface area (Å²) in [6.07, 6.45) is 1.78. The molecule has 1 aromatic carbocycles. The van der Waals surface area contributed by atoms with Crippen molar-refractivity contribution in [3.63, 3.8) is 0 Å². The standard InChI is InChI=1S/C19H26N4O4S/c1-14(2)18-21-17(27-22-18)10-11-20-19(24)15-7-6-12-23(13-15)28(25,26)16-8-4-3-5-9-16/h3-5,8-9,14-15H,6-7,10-13H2,1-2H3,(H,20,24). The zero-order valence-corrected chi connectivity index (χ0v) is 17.0. The van der Waals surface area contributed by atoms with E-state index < -0.39 is 10.0 Å². The molecule has 1 N–H and O–H groups in total. The highest BCUT2D eigenvalue weighted by Gasteiger charge is 2.33. The number of hydrogen-bond donors (Lipinski definition) is 1. The van der Waals surface area contributed by atoms with Gasteiger partial charge in [0, 0.05) is 32.0 Å². The van der Waals surface area contributed by atoms with Crippen LogP contribution in [-0.4, -0.2) is 48.4 Å². The first kappa shape index (κ1) is 20.5. The molecule has 152 valence electrons. The molecule has 1 amide bonds. The fraction of sp³-hybridized carbons (Fsp3) is 0.526. The summed E-state index contributed by atoms with van der Waals surface area (Å²) >= 11 is 0. The molecule has 0 bridgehead atoms. The summed E-state index contributed by atoms with van der Waals surface area (Å²) in [5.74, 6) is 0.820. The molecule has 1 fully saturated rings. The van der Waals surface area contributed by atoms with Crippen molar-refractivity contribution in [2.45, 2.75) is 43.9 Å². The maximum atomic E-state index is 12.8. The van der Waals surface area contributed by atoms with Crippen molar-refractivity contribution in [3.05, 3.63) is 42.0 Å². The van der Waals surface area contributed by atoms with Crippen LogP contribution in [0.2, 0.25) is 0 Å². The summed E-state index contributed by atoms with van der Waals surface area (Å²) in [6, 6.07) is 8.33. The van der Waals surface area contributed by atoms with Gasteiger partial charge in [-0.2, -0.15) is 9.29 Å². The Hall–Kier alpha value is -2.26. The summed E-state index contributed by atoms with van der Waals surface area (Å²) < 4.78 is 32.1. The second-order valence-electron chi connectivity index (χ2n) is 7.26. The molecule has 2 heterocycles.